The molecule has 5 aromatic rings. The van der Waals surface area contributed by atoms with Crippen LogP contribution >= 0.6 is 63.1 Å². The molecule has 0 unspecified atom stereocenters. The van der Waals surface area contributed by atoms with Crippen LogP contribution in [-0.4, -0.2) is 0 Å². The minimum atomic E-state index is 0. The Kier molecular flexibility index (Phi) is 47.5. The molecule has 0 spiro atoms. The first-order valence-electron chi connectivity index (χ1n) is 35.3. The van der Waals surface area contributed by atoms with Crippen LogP contribution in [0.25, 0.3) is 0 Å². The zero-order valence-corrected chi connectivity index (χ0v) is 60.8. The molecule has 5 aliphatic rings. The summed E-state index contributed by atoms with van der Waals surface area (Å²) in [5, 5.41) is 0. The Labute approximate surface area is 574 Å². The van der Waals surface area contributed by atoms with Gasteiger partial charge in [0.25, 0.3) is 0 Å². The van der Waals surface area contributed by atoms with Crippen LogP contribution in [0.4, 0.5) is 23.5 Å². The highest BCUT2D eigenvalue weighted by Crippen LogP contribution is 2.37. The lowest BCUT2D eigenvalue weighted by Crippen LogP contribution is -2.14. The second kappa shape index (κ2) is 50.0. The fraction of sp³-hybridized carbons (Fsp3) is 0.625. The molecule has 510 valence electrons. The van der Waals surface area contributed by atoms with Crippen molar-refractivity contribution >= 4 is 63.1 Å². The van der Waals surface area contributed by atoms with Crippen LogP contribution in [0.3, 0.4) is 0 Å². The Balaban J connectivity index is 0.000000555. The molecule has 0 radical (unpaired) electrons. The van der Waals surface area contributed by atoms with E-state index in [1.165, 1.54) is 253 Å². The molecule has 90 heavy (non-hydrogen) atoms. The van der Waals surface area contributed by atoms with Crippen LogP contribution in [-0.2, 0) is 32.1 Å². The molecule has 0 N–H and O–H groups in total. The highest BCUT2D eigenvalue weighted by molar-refractivity contribution is 7.81. The van der Waals surface area contributed by atoms with Crippen molar-refractivity contribution in [3.8, 4) is 0 Å². The quantitative estimate of drug-likeness (QED) is 0.0372. The Morgan fingerprint density at radius 1 is 0.200 bits per heavy atom. The van der Waals surface area contributed by atoms with Gasteiger partial charge in [0.05, 0.1) is 0 Å². The summed E-state index contributed by atoms with van der Waals surface area (Å²) in [7, 11) is 0. The molecule has 0 aromatic heterocycles. The van der Waals surface area contributed by atoms with E-state index in [4.69, 9.17) is 0 Å². The zero-order valence-electron chi connectivity index (χ0n) is 56.3. The number of halogens is 5. The molecule has 0 saturated heterocycles. The van der Waals surface area contributed by atoms with Crippen molar-refractivity contribution in [2.45, 2.75) is 284 Å². The molecule has 5 fully saturated rings. The van der Waals surface area contributed by atoms with Crippen molar-refractivity contribution in [2.75, 3.05) is 0 Å². The fourth-order valence-electron chi connectivity index (χ4n) is 14.8. The molecule has 0 atom stereocenters. The highest BCUT2D eigenvalue weighted by Gasteiger charge is 2.24. The predicted octanol–water partition coefficient (Wildman–Crippen LogP) is 26.4. The van der Waals surface area contributed by atoms with E-state index in [1.54, 1.807) is 0 Å². The van der Waals surface area contributed by atoms with E-state index in [1.807, 2.05) is 0 Å². The van der Waals surface area contributed by atoms with Gasteiger partial charge >= 0.3 is 0 Å². The van der Waals surface area contributed by atoms with E-state index in [-0.39, 0.29) is 23.5 Å². The van der Waals surface area contributed by atoms with Gasteiger partial charge in [-0.15, -0.1) is 63.1 Å². The molecule has 5 aliphatic carbocycles. The zero-order chi connectivity index (χ0) is 60.4. The molecule has 10 heteroatoms. The first kappa shape index (κ1) is 85.5. The smallest absolute Gasteiger partial charge is 0.00401 e. The van der Waals surface area contributed by atoms with Crippen molar-refractivity contribution < 1.29 is 23.5 Å². The monoisotopic (exact) mass is 1340 g/mol. The Hall–Kier alpha value is -2.50. The van der Waals surface area contributed by atoms with E-state index in [2.05, 4.69) is 219 Å². The minimum absolute atomic E-state index is 0. The van der Waals surface area contributed by atoms with Crippen molar-refractivity contribution in [3.63, 3.8) is 0 Å². The maximum atomic E-state index is 4.32. The highest BCUT2D eigenvalue weighted by atomic mass is 32.1. The molecule has 0 bridgehead atoms. The lowest BCUT2D eigenvalue weighted by Gasteiger charge is -2.27. The number of thiol groups is 5. The van der Waals surface area contributed by atoms with Crippen molar-refractivity contribution in [3.05, 3.63) is 149 Å². The molecule has 0 heterocycles. The largest absolute Gasteiger partial charge is 0.269 e. The van der Waals surface area contributed by atoms with Crippen LogP contribution in [0.15, 0.2) is 146 Å². The van der Waals surface area contributed by atoms with Gasteiger partial charge in [-0.05, 0) is 212 Å². The van der Waals surface area contributed by atoms with Crippen LogP contribution in [0.5, 0.6) is 0 Å². The van der Waals surface area contributed by atoms with Gasteiger partial charge in [-0.2, -0.15) is 0 Å². The summed E-state index contributed by atoms with van der Waals surface area (Å²) < 4.78 is 0. The number of aryl methyl sites for hydroxylation is 5. The molecule has 0 amide bonds. The summed E-state index contributed by atoms with van der Waals surface area (Å²) in [6.07, 6.45) is 49.3. The second-order valence-electron chi connectivity index (χ2n) is 27.5. The van der Waals surface area contributed by atoms with Crippen LogP contribution in [0, 0.1) is 59.2 Å². The van der Waals surface area contributed by atoms with Gasteiger partial charge in [-0.1, -0.05) is 256 Å². The normalized spacial score (nSPS) is 23.4. The van der Waals surface area contributed by atoms with E-state index in [0.29, 0.717) is 0 Å². The lowest BCUT2D eigenvalue weighted by atomic mass is 9.78. The Morgan fingerprint density at radius 2 is 0.311 bits per heavy atom. The summed E-state index contributed by atoms with van der Waals surface area (Å²) in [5.74, 6) is 10.0. The maximum absolute atomic E-state index is 4.32. The number of rotatable bonds is 20. The Morgan fingerprint density at radius 3 is 0.422 bits per heavy atom. The summed E-state index contributed by atoms with van der Waals surface area (Å²) in [6, 6.07) is 43.3. The van der Waals surface area contributed by atoms with E-state index >= 15 is 0 Å². The van der Waals surface area contributed by atoms with E-state index in [0.717, 1.165) is 83.7 Å². The van der Waals surface area contributed by atoms with Gasteiger partial charge < -0.3 is 0 Å². The fourth-order valence-corrected chi connectivity index (χ4v) is 15.6. The molecule has 10 rings (SSSR count). The van der Waals surface area contributed by atoms with Gasteiger partial charge in [-0.3, -0.25) is 23.5 Å². The first-order valence-corrected chi connectivity index (χ1v) is 37.5. The molecule has 5 saturated carbocycles. The summed E-state index contributed by atoms with van der Waals surface area (Å²) >= 11 is 21.6. The average molecular weight is 1340 g/mol. The Bertz CT molecular complexity index is 2030. The summed E-state index contributed by atoms with van der Waals surface area (Å²) in [6.45, 7) is 11.7. The molecule has 5 aromatic carbocycles. The van der Waals surface area contributed by atoms with Gasteiger partial charge in [0, 0.05) is 24.5 Å². The van der Waals surface area contributed by atoms with Crippen molar-refractivity contribution in [2.24, 2.45) is 59.2 Å². The number of benzene rings is 5. The van der Waals surface area contributed by atoms with Gasteiger partial charge in [0.15, 0.2) is 0 Å². The third-order valence-electron chi connectivity index (χ3n) is 21.6. The van der Waals surface area contributed by atoms with Crippen molar-refractivity contribution in [1.29, 1.82) is 0 Å². The number of hydrogen-bond donors (Lipinski definition) is 5. The van der Waals surface area contributed by atoms with Gasteiger partial charge in [0.2, 0.25) is 0 Å². The third kappa shape index (κ3) is 34.8. The number of hydrogen-bond acceptors (Lipinski definition) is 5. The molecular weight excluding hydrogens is 1220 g/mol. The third-order valence-corrected chi connectivity index (χ3v) is 23.1. The van der Waals surface area contributed by atoms with Crippen LogP contribution in [0.2, 0.25) is 0 Å². The maximum Gasteiger partial charge on any atom is 0.00401 e. The topological polar surface area (TPSA) is 0 Å². The molecule has 0 aliphatic heterocycles. The summed E-state index contributed by atoms with van der Waals surface area (Å²) in [5.41, 5.74) is 7.36. The van der Waals surface area contributed by atoms with Crippen LogP contribution < -0.4 is 0 Å². The van der Waals surface area contributed by atoms with Gasteiger partial charge in [0.1, 0.15) is 0 Å². The van der Waals surface area contributed by atoms with Gasteiger partial charge in [-0.25, -0.2) is 0 Å². The summed E-state index contributed by atoms with van der Waals surface area (Å²) in [4.78, 5) is 5.33. The first-order chi connectivity index (χ1) is 41.4. The molecule has 0 nitrogen and oxygen atoms in total. The minimum Gasteiger partial charge on any atom is -0.269 e. The second-order valence-corrected chi connectivity index (χ2v) is 30.1. The van der Waals surface area contributed by atoms with Crippen molar-refractivity contribution in [1.82, 2.24) is 0 Å². The van der Waals surface area contributed by atoms with E-state index < -0.39 is 0 Å². The average Bonchev–Trinajstić information content (AvgIpc) is 3.65. The lowest BCUT2D eigenvalue weighted by molar-refractivity contribution is 0.259. The van der Waals surface area contributed by atoms with Crippen LogP contribution in [0.1, 0.15) is 255 Å². The van der Waals surface area contributed by atoms with E-state index in [9.17, 15) is 0 Å². The standard InChI is InChI=1S/5C16H24S.5FH/c5*1-2-13-3-5-14(6-4-13)7-8-15-9-11-16(17)12-10-15;;;;;/h5*9-14,17H,2-8H2,1H3;5*1H. The molecular formula is C80H125F5S5. The SMILES string of the molecule is CCC1CCC(CCc2ccc(S)cc2)CC1.CCC1CCC(CCc2ccc(S)cc2)CC1.CCC1CCC(CCc2ccc(S)cc2)CC1.CCC1CCC(CCc2ccc(S)cc2)CC1.CCC1CCC(CCc2ccc(S)cc2)CC1.F.F.F.F.F. The predicted molar refractivity (Wildman–Crippen MR) is 401 cm³/mol.